The highest BCUT2D eigenvalue weighted by atomic mass is 16.5. The SMILES string of the molecule is COc1ccccc1CN(C)C(=O)COC(=O)[C@@H](C)N1C(=O)c2ccccc2C1=O. The summed E-state index contributed by atoms with van der Waals surface area (Å²) in [5.41, 5.74) is 1.30. The molecule has 1 atom stereocenters. The second-order valence-corrected chi connectivity index (χ2v) is 6.87. The van der Waals surface area contributed by atoms with Gasteiger partial charge in [-0.2, -0.15) is 0 Å². The van der Waals surface area contributed by atoms with Crippen molar-refractivity contribution >= 4 is 23.7 Å². The van der Waals surface area contributed by atoms with Crippen LogP contribution in [0.3, 0.4) is 0 Å². The van der Waals surface area contributed by atoms with Gasteiger partial charge in [0.1, 0.15) is 11.8 Å². The Morgan fingerprint density at radius 3 is 2.17 bits per heavy atom. The van der Waals surface area contributed by atoms with Gasteiger partial charge in [0.15, 0.2) is 6.61 Å². The number of amides is 3. The van der Waals surface area contributed by atoms with Crippen LogP contribution < -0.4 is 4.74 Å². The molecule has 0 saturated heterocycles. The molecule has 2 aromatic carbocycles. The van der Waals surface area contributed by atoms with Crippen molar-refractivity contribution in [3.05, 3.63) is 65.2 Å². The van der Waals surface area contributed by atoms with Gasteiger partial charge in [-0.25, -0.2) is 4.79 Å². The van der Waals surface area contributed by atoms with Crippen LogP contribution in [0.25, 0.3) is 0 Å². The fourth-order valence-corrected chi connectivity index (χ4v) is 3.21. The van der Waals surface area contributed by atoms with Crippen molar-refractivity contribution in [3.63, 3.8) is 0 Å². The predicted molar refractivity (Wildman–Crippen MR) is 107 cm³/mol. The van der Waals surface area contributed by atoms with Crippen molar-refractivity contribution in [2.45, 2.75) is 19.5 Å². The fourth-order valence-electron chi connectivity index (χ4n) is 3.21. The summed E-state index contributed by atoms with van der Waals surface area (Å²) in [6.45, 7) is 1.17. The maximum atomic E-state index is 12.5. The lowest BCUT2D eigenvalue weighted by atomic mass is 10.1. The van der Waals surface area contributed by atoms with Crippen LogP contribution in [-0.2, 0) is 20.9 Å². The molecule has 0 fully saturated rings. The van der Waals surface area contributed by atoms with E-state index in [1.165, 1.54) is 24.0 Å². The molecule has 0 radical (unpaired) electrons. The van der Waals surface area contributed by atoms with E-state index in [0.29, 0.717) is 5.75 Å². The monoisotopic (exact) mass is 410 g/mol. The molecule has 156 valence electrons. The Morgan fingerprint density at radius 1 is 1.00 bits per heavy atom. The summed E-state index contributed by atoms with van der Waals surface area (Å²) in [6, 6.07) is 12.5. The number of hydrogen-bond acceptors (Lipinski definition) is 6. The summed E-state index contributed by atoms with van der Waals surface area (Å²) < 4.78 is 10.3. The molecular formula is C22H22N2O6. The molecule has 8 heteroatoms. The molecule has 0 unspecified atom stereocenters. The van der Waals surface area contributed by atoms with E-state index < -0.39 is 36.3 Å². The van der Waals surface area contributed by atoms with Crippen molar-refractivity contribution in [1.29, 1.82) is 0 Å². The lowest BCUT2D eigenvalue weighted by Gasteiger charge is -2.22. The minimum absolute atomic E-state index is 0.245. The first-order valence-corrected chi connectivity index (χ1v) is 9.34. The van der Waals surface area contributed by atoms with E-state index in [9.17, 15) is 19.2 Å². The molecule has 8 nitrogen and oxygen atoms in total. The molecule has 0 saturated carbocycles. The maximum absolute atomic E-state index is 12.5. The van der Waals surface area contributed by atoms with Crippen LogP contribution in [0.15, 0.2) is 48.5 Å². The molecule has 0 spiro atoms. The number of fused-ring (bicyclic) bond motifs is 1. The van der Waals surface area contributed by atoms with Crippen molar-refractivity contribution in [1.82, 2.24) is 9.80 Å². The number of imide groups is 1. The quantitative estimate of drug-likeness (QED) is 0.511. The standard InChI is InChI=1S/C22H22N2O6/c1-14(24-20(26)16-9-5-6-10-17(16)21(24)27)22(28)30-13-19(25)23(2)12-15-8-4-7-11-18(15)29-3/h4-11,14H,12-13H2,1-3H3/t14-/m1/s1. The van der Waals surface area contributed by atoms with E-state index >= 15 is 0 Å². The maximum Gasteiger partial charge on any atom is 0.329 e. The first kappa shape index (κ1) is 21.0. The van der Waals surface area contributed by atoms with Gasteiger partial charge < -0.3 is 14.4 Å². The number of methoxy groups -OCH3 is 1. The van der Waals surface area contributed by atoms with Crippen LogP contribution in [0.2, 0.25) is 0 Å². The second kappa shape index (κ2) is 8.77. The summed E-state index contributed by atoms with van der Waals surface area (Å²) in [6.07, 6.45) is 0. The number of rotatable bonds is 7. The van der Waals surface area contributed by atoms with Crippen LogP contribution >= 0.6 is 0 Å². The van der Waals surface area contributed by atoms with E-state index in [-0.39, 0.29) is 17.7 Å². The normalized spacial score (nSPS) is 13.6. The summed E-state index contributed by atoms with van der Waals surface area (Å²) in [4.78, 5) is 52.0. The van der Waals surface area contributed by atoms with Crippen molar-refractivity contribution in [2.24, 2.45) is 0 Å². The van der Waals surface area contributed by atoms with Crippen molar-refractivity contribution in [3.8, 4) is 5.75 Å². The zero-order valence-electron chi connectivity index (χ0n) is 17.0. The number of benzene rings is 2. The second-order valence-electron chi connectivity index (χ2n) is 6.87. The fraction of sp³-hybridized carbons (Fsp3) is 0.273. The zero-order chi connectivity index (χ0) is 21.8. The Bertz CT molecular complexity index is 968. The number of nitrogens with zero attached hydrogens (tertiary/aromatic N) is 2. The molecule has 1 heterocycles. The van der Waals surface area contributed by atoms with Gasteiger partial charge in [-0.1, -0.05) is 30.3 Å². The van der Waals surface area contributed by atoms with Crippen LogP contribution in [-0.4, -0.2) is 60.3 Å². The van der Waals surface area contributed by atoms with E-state index in [0.717, 1.165) is 10.5 Å². The first-order chi connectivity index (χ1) is 14.3. The number of para-hydroxylation sites is 1. The van der Waals surface area contributed by atoms with Crippen LogP contribution in [0.5, 0.6) is 5.75 Å². The smallest absolute Gasteiger partial charge is 0.329 e. The topological polar surface area (TPSA) is 93.2 Å². The molecule has 0 bridgehead atoms. The summed E-state index contributed by atoms with van der Waals surface area (Å²) >= 11 is 0. The molecule has 1 aliphatic heterocycles. The number of carbonyl (C=O) groups is 4. The van der Waals surface area contributed by atoms with Gasteiger partial charge in [0, 0.05) is 19.2 Å². The Labute approximate surface area is 174 Å². The van der Waals surface area contributed by atoms with Crippen LogP contribution in [0.4, 0.5) is 0 Å². The minimum Gasteiger partial charge on any atom is -0.496 e. The summed E-state index contributed by atoms with van der Waals surface area (Å²) in [7, 11) is 3.12. The third-order valence-corrected chi connectivity index (χ3v) is 4.92. The molecule has 3 amide bonds. The highest BCUT2D eigenvalue weighted by molar-refractivity contribution is 6.22. The van der Waals surface area contributed by atoms with Crippen LogP contribution in [0, 0.1) is 0 Å². The Balaban J connectivity index is 1.58. The number of ether oxygens (including phenoxy) is 2. The lowest BCUT2D eigenvalue weighted by Crippen LogP contribution is -2.44. The van der Waals surface area contributed by atoms with Gasteiger partial charge in [0.25, 0.3) is 17.7 Å². The highest BCUT2D eigenvalue weighted by Gasteiger charge is 2.41. The third-order valence-electron chi connectivity index (χ3n) is 4.92. The minimum atomic E-state index is -1.15. The Hall–Kier alpha value is -3.68. The zero-order valence-corrected chi connectivity index (χ0v) is 17.0. The molecule has 30 heavy (non-hydrogen) atoms. The van der Waals surface area contributed by atoms with Gasteiger partial charge >= 0.3 is 5.97 Å². The Morgan fingerprint density at radius 2 is 1.57 bits per heavy atom. The number of likely N-dealkylation sites (N-methyl/N-ethyl adjacent to an activating group) is 1. The number of hydrogen-bond donors (Lipinski definition) is 0. The van der Waals surface area contributed by atoms with E-state index in [1.54, 1.807) is 32.4 Å². The summed E-state index contributed by atoms with van der Waals surface area (Å²) in [5.74, 6) is -1.72. The molecule has 1 aliphatic rings. The molecular weight excluding hydrogens is 388 g/mol. The number of esters is 1. The molecule has 0 N–H and O–H groups in total. The van der Waals surface area contributed by atoms with E-state index in [1.807, 2.05) is 18.2 Å². The molecule has 2 aromatic rings. The van der Waals surface area contributed by atoms with Gasteiger partial charge in [-0.15, -0.1) is 0 Å². The summed E-state index contributed by atoms with van der Waals surface area (Å²) in [5, 5.41) is 0. The largest absolute Gasteiger partial charge is 0.496 e. The van der Waals surface area contributed by atoms with Crippen LogP contribution in [0.1, 0.15) is 33.2 Å². The van der Waals surface area contributed by atoms with Gasteiger partial charge in [-0.05, 0) is 25.1 Å². The Kier molecular flexibility index (Phi) is 6.15. The molecule has 3 rings (SSSR count). The third kappa shape index (κ3) is 4.03. The highest BCUT2D eigenvalue weighted by Crippen LogP contribution is 2.25. The van der Waals surface area contributed by atoms with Gasteiger partial charge in [0.2, 0.25) is 0 Å². The average molecular weight is 410 g/mol. The average Bonchev–Trinajstić information content (AvgIpc) is 3.02. The molecule has 0 aliphatic carbocycles. The number of carbonyl (C=O) groups excluding carboxylic acids is 4. The van der Waals surface area contributed by atoms with E-state index in [2.05, 4.69) is 0 Å². The van der Waals surface area contributed by atoms with E-state index in [4.69, 9.17) is 9.47 Å². The van der Waals surface area contributed by atoms with Gasteiger partial charge in [-0.3, -0.25) is 19.3 Å². The molecule has 0 aromatic heterocycles. The lowest BCUT2D eigenvalue weighted by molar-refractivity contribution is -0.154. The van der Waals surface area contributed by atoms with Crippen molar-refractivity contribution < 1.29 is 28.7 Å². The van der Waals surface area contributed by atoms with Gasteiger partial charge in [0.05, 0.1) is 18.2 Å². The first-order valence-electron chi connectivity index (χ1n) is 9.34. The van der Waals surface area contributed by atoms with Crippen molar-refractivity contribution in [2.75, 3.05) is 20.8 Å². The predicted octanol–water partition coefficient (Wildman–Crippen LogP) is 1.88.